The normalized spacial score (nSPS) is 26.0. The van der Waals surface area contributed by atoms with Crippen LogP contribution in [0.2, 0.25) is 0 Å². The summed E-state index contributed by atoms with van der Waals surface area (Å²) in [5, 5.41) is 0. The molecule has 0 saturated carbocycles. The van der Waals surface area contributed by atoms with Gasteiger partial charge in [-0.05, 0) is 33.2 Å². The molecule has 0 amide bonds. The maximum atomic E-state index is 5.75. The molecule has 0 N–H and O–H groups in total. The summed E-state index contributed by atoms with van der Waals surface area (Å²) in [6.07, 6.45) is 0.353. The summed E-state index contributed by atoms with van der Waals surface area (Å²) >= 11 is 0. The van der Waals surface area contributed by atoms with Crippen LogP contribution in [0.15, 0.2) is 18.2 Å². The second-order valence-corrected chi connectivity index (χ2v) is 4.44. The van der Waals surface area contributed by atoms with Crippen LogP contribution in [-0.2, 0) is 9.31 Å². The molecular formula is C12H17BO2. The molecule has 0 aliphatic carbocycles. The van der Waals surface area contributed by atoms with Crippen molar-refractivity contribution < 1.29 is 9.31 Å². The van der Waals surface area contributed by atoms with Crippen LogP contribution in [0.25, 0.3) is 0 Å². The van der Waals surface area contributed by atoms with E-state index in [1.54, 1.807) is 0 Å². The number of benzene rings is 1. The van der Waals surface area contributed by atoms with Crippen LogP contribution in [-0.4, -0.2) is 19.3 Å². The first-order valence-electron chi connectivity index (χ1n) is 5.45. The predicted molar refractivity (Wildman–Crippen MR) is 62.4 cm³/mol. The van der Waals surface area contributed by atoms with E-state index in [1.165, 1.54) is 11.1 Å². The first-order valence-corrected chi connectivity index (χ1v) is 5.45. The van der Waals surface area contributed by atoms with Gasteiger partial charge in [-0.15, -0.1) is 0 Å². The molecule has 1 saturated heterocycles. The molecule has 0 aromatic heterocycles. The van der Waals surface area contributed by atoms with Gasteiger partial charge in [-0.25, -0.2) is 0 Å². The highest BCUT2D eigenvalue weighted by molar-refractivity contribution is 6.61. The highest BCUT2D eigenvalue weighted by Gasteiger charge is 2.35. The fourth-order valence-electron chi connectivity index (χ4n) is 1.95. The summed E-state index contributed by atoms with van der Waals surface area (Å²) in [4.78, 5) is 0. The Morgan fingerprint density at radius 1 is 0.933 bits per heavy atom. The Morgan fingerprint density at radius 3 is 1.87 bits per heavy atom. The van der Waals surface area contributed by atoms with E-state index in [4.69, 9.17) is 9.31 Å². The average Bonchev–Trinajstić information content (AvgIpc) is 2.45. The van der Waals surface area contributed by atoms with Gasteiger partial charge in [0, 0.05) is 0 Å². The lowest BCUT2D eigenvalue weighted by Crippen LogP contribution is -2.32. The van der Waals surface area contributed by atoms with Crippen LogP contribution < -0.4 is 5.46 Å². The van der Waals surface area contributed by atoms with E-state index in [2.05, 4.69) is 32.0 Å². The fraction of sp³-hybridized carbons (Fsp3) is 0.500. The Balaban J connectivity index is 2.23. The van der Waals surface area contributed by atoms with E-state index in [9.17, 15) is 0 Å². The Labute approximate surface area is 91.7 Å². The van der Waals surface area contributed by atoms with Crippen LogP contribution in [0.5, 0.6) is 0 Å². The first-order chi connectivity index (χ1) is 7.06. The number of hydrogen-bond acceptors (Lipinski definition) is 2. The number of aryl methyl sites for hydroxylation is 2. The van der Waals surface area contributed by atoms with Gasteiger partial charge >= 0.3 is 7.12 Å². The molecule has 0 radical (unpaired) electrons. The SMILES string of the molecule is Cc1cc(C)cc(B2O[C@@H](C)[C@H](C)O2)c1. The Kier molecular flexibility index (Phi) is 2.85. The molecule has 1 aliphatic heterocycles. The van der Waals surface area contributed by atoms with Crippen LogP contribution >= 0.6 is 0 Å². The molecule has 15 heavy (non-hydrogen) atoms. The molecule has 3 heteroatoms. The summed E-state index contributed by atoms with van der Waals surface area (Å²) in [5.74, 6) is 0. The van der Waals surface area contributed by atoms with Gasteiger partial charge in [-0.2, -0.15) is 0 Å². The van der Waals surface area contributed by atoms with Crippen LogP contribution in [0, 0.1) is 13.8 Å². The zero-order valence-corrected chi connectivity index (χ0v) is 9.78. The van der Waals surface area contributed by atoms with Crippen LogP contribution in [0.1, 0.15) is 25.0 Å². The molecule has 1 aromatic rings. The van der Waals surface area contributed by atoms with Crippen molar-refractivity contribution in [2.75, 3.05) is 0 Å². The van der Waals surface area contributed by atoms with Crippen molar-refractivity contribution in [2.24, 2.45) is 0 Å². The van der Waals surface area contributed by atoms with E-state index in [0.29, 0.717) is 0 Å². The average molecular weight is 204 g/mol. The van der Waals surface area contributed by atoms with Gasteiger partial charge in [0.25, 0.3) is 0 Å². The summed E-state index contributed by atoms with van der Waals surface area (Å²) in [6, 6.07) is 6.41. The Hall–Kier alpha value is -0.795. The topological polar surface area (TPSA) is 18.5 Å². The molecule has 1 aliphatic rings. The molecule has 2 rings (SSSR count). The second-order valence-electron chi connectivity index (χ2n) is 4.44. The Bertz CT molecular complexity index is 334. The van der Waals surface area contributed by atoms with E-state index < -0.39 is 0 Å². The molecule has 0 spiro atoms. The highest BCUT2D eigenvalue weighted by Crippen LogP contribution is 2.16. The zero-order chi connectivity index (χ0) is 11.0. The van der Waals surface area contributed by atoms with Crippen molar-refractivity contribution in [3.8, 4) is 0 Å². The highest BCUT2D eigenvalue weighted by atomic mass is 16.7. The lowest BCUT2D eigenvalue weighted by atomic mass is 9.78. The second kappa shape index (κ2) is 3.99. The van der Waals surface area contributed by atoms with Gasteiger partial charge in [-0.3, -0.25) is 0 Å². The molecule has 0 unspecified atom stereocenters. The molecule has 2 nitrogen and oxygen atoms in total. The third-order valence-corrected chi connectivity index (χ3v) is 2.85. The molecule has 0 bridgehead atoms. The monoisotopic (exact) mass is 204 g/mol. The predicted octanol–water partition coefficient (Wildman–Crippen LogP) is 1.82. The lowest BCUT2D eigenvalue weighted by molar-refractivity contribution is 0.187. The maximum absolute atomic E-state index is 5.75. The van der Waals surface area contributed by atoms with Crippen molar-refractivity contribution in [3.63, 3.8) is 0 Å². The molecule has 80 valence electrons. The summed E-state index contributed by atoms with van der Waals surface area (Å²) in [7, 11) is -0.186. The van der Waals surface area contributed by atoms with Gasteiger partial charge in [0.1, 0.15) is 0 Å². The maximum Gasteiger partial charge on any atom is 0.494 e. The van der Waals surface area contributed by atoms with E-state index in [1.807, 2.05) is 13.8 Å². The van der Waals surface area contributed by atoms with Crippen molar-refractivity contribution in [3.05, 3.63) is 29.3 Å². The van der Waals surface area contributed by atoms with Gasteiger partial charge < -0.3 is 9.31 Å². The van der Waals surface area contributed by atoms with Gasteiger partial charge in [0.2, 0.25) is 0 Å². The lowest BCUT2D eigenvalue weighted by Gasteiger charge is -2.07. The minimum absolute atomic E-state index is 0.177. The minimum atomic E-state index is -0.186. The van der Waals surface area contributed by atoms with E-state index in [-0.39, 0.29) is 19.3 Å². The van der Waals surface area contributed by atoms with Gasteiger partial charge in [-0.1, -0.05) is 29.3 Å². The Morgan fingerprint density at radius 2 is 1.40 bits per heavy atom. The van der Waals surface area contributed by atoms with Gasteiger partial charge in [0.15, 0.2) is 0 Å². The summed E-state index contributed by atoms with van der Waals surface area (Å²) < 4.78 is 11.5. The summed E-state index contributed by atoms with van der Waals surface area (Å²) in [5.41, 5.74) is 3.64. The smallest absolute Gasteiger partial charge is 0.402 e. The summed E-state index contributed by atoms with van der Waals surface area (Å²) in [6.45, 7) is 8.29. The molecule has 1 heterocycles. The third kappa shape index (κ3) is 2.24. The largest absolute Gasteiger partial charge is 0.494 e. The van der Waals surface area contributed by atoms with Crippen molar-refractivity contribution in [1.29, 1.82) is 0 Å². The first kappa shape index (κ1) is 10.7. The fourth-order valence-corrected chi connectivity index (χ4v) is 1.95. The van der Waals surface area contributed by atoms with Crippen molar-refractivity contribution in [1.82, 2.24) is 0 Å². The molecule has 1 aromatic carbocycles. The van der Waals surface area contributed by atoms with Crippen LogP contribution in [0.3, 0.4) is 0 Å². The number of hydrogen-bond donors (Lipinski definition) is 0. The van der Waals surface area contributed by atoms with Crippen molar-refractivity contribution in [2.45, 2.75) is 39.9 Å². The van der Waals surface area contributed by atoms with Crippen LogP contribution in [0.4, 0.5) is 0 Å². The standard InChI is InChI=1S/C12H17BO2/c1-8-5-9(2)7-12(6-8)13-14-10(3)11(4)15-13/h5-7,10-11H,1-4H3/t10-,11-/m0/s1. The minimum Gasteiger partial charge on any atom is -0.402 e. The zero-order valence-electron chi connectivity index (χ0n) is 9.78. The quantitative estimate of drug-likeness (QED) is 0.649. The number of rotatable bonds is 1. The van der Waals surface area contributed by atoms with Crippen molar-refractivity contribution >= 4 is 12.6 Å². The third-order valence-electron chi connectivity index (χ3n) is 2.85. The molecule has 1 fully saturated rings. The molecular weight excluding hydrogens is 187 g/mol. The van der Waals surface area contributed by atoms with Gasteiger partial charge in [0.05, 0.1) is 12.2 Å². The van der Waals surface area contributed by atoms with E-state index >= 15 is 0 Å². The molecule has 2 atom stereocenters. The van der Waals surface area contributed by atoms with E-state index in [0.717, 1.165) is 5.46 Å².